The van der Waals surface area contributed by atoms with E-state index >= 15 is 0 Å². The summed E-state index contributed by atoms with van der Waals surface area (Å²) in [7, 11) is -4.31. The summed E-state index contributed by atoms with van der Waals surface area (Å²) in [4.78, 5) is 0. The molecule has 0 bridgehead atoms. The largest absolute Gasteiger partial charge is 1.00 e. The van der Waals surface area contributed by atoms with Crippen molar-refractivity contribution in [1.29, 1.82) is 0 Å². The van der Waals surface area contributed by atoms with Crippen LogP contribution in [0.2, 0.25) is 0 Å². The Kier molecular flexibility index (Phi) is 24.6. The Labute approximate surface area is 218 Å². The van der Waals surface area contributed by atoms with Crippen molar-refractivity contribution >= 4 is 10.1 Å². The maximum absolute atomic E-state index is 11.4. The monoisotopic (exact) mass is 444 g/mol. The predicted octanol–water partition coefficient (Wildman–Crippen LogP) is 3.33. The number of aliphatic hydroxyl groups excluding tert-OH is 1. The zero-order valence-electron chi connectivity index (χ0n) is 19.0. The zero-order chi connectivity index (χ0) is 20.4. The standard InChI is InChI=1S/C22H46O4S.K/c1-3-5-7-9-10-11-12-13-14-15-16-18-21(23)20-22(27(24,25)26)19-17-8-6-4-2;/h21-23H,3-20H2,1-2H3,(H,24,25,26);/q;+1/p-1. The molecule has 164 valence electrons. The minimum atomic E-state index is -4.31. The average Bonchev–Trinajstić information content (AvgIpc) is 2.61. The molecule has 0 aliphatic carbocycles. The molecule has 4 nitrogen and oxygen atoms in total. The normalized spacial score (nSPS) is 13.9. The molecule has 0 aliphatic heterocycles. The van der Waals surface area contributed by atoms with Crippen LogP contribution >= 0.6 is 0 Å². The molecule has 0 aromatic rings. The third-order valence-corrected chi connectivity index (χ3v) is 6.71. The molecular weight excluding hydrogens is 399 g/mol. The second-order valence-corrected chi connectivity index (χ2v) is 9.83. The van der Waals surface area contributed by atoms with Crippen LogP contribution in [0, 0.1) is 0 Å². The molecule has 0 fully saturated rings. The third-order valence-electron chi connectivity index (χ3n) is 5.46. The van der Waals surface area contributed by atoms with Crippen molar-refractivity contribution in [3.63, 3.8) is 0 Å². The minimum Gasteiger partial charge on any atom is -0.748 e. The van der Waals surface area contributed by atoms with Gasteiger partial charge in [-0.3, -0.25) is 0 Å². The molecule has 0 saturated heterocycles. The van der Waals surface area contributed by atoms with E-state index in [0.717, 1.165) is 38.5 Å². The molecule has 0 rings (SSSR count). The van der Waals surface area contributed by atoms with Gasteiger partial charge in [0.1, 0.15) is 0 Å². The van der Waals surface area contributed by atoms with E-state index in [4.69, 9.17) is 0 Å². The molecule has 0 spiro atoms. The van der Waals surface area contributed by atoms with Crippen molar-refractivity contribution in [2.24, 2.45) is 0 Å². The number of hydrogen-bond acceptors (Lipinski definition) is 4. The summed E-state index contributed by atoms with van der Waals surface area (Å²) < 4.78 is 34.3. The van der Waals surface area contributed by atoms with Crippen LogP contribution in [0.1, 0.15) is 129 Å². The predicted molar refractivity (Wildman–Crippen MR) is 114 cm³/mol. The maximum Gasteiger partial charge on any atom is 1.00 e. The first-order valence-corrected chi connectivity index (χ1v) is 13.0. The van der Waals surface area contributed by atoms with E-state index in [0.29, 0.717) is 12.8 Å². The van der Waals surface area contributed by atoms with Gasteiger partial charge in [-0.15, -0.1) is 0 Å². The van der Waals surface area contributed by atoms with E-state index in [9.17, 15) is 18.1 Å². The SMILES string of the molecule is CCCCCCCCCCCCCC(O)CC(CCCCCC)S(=O)(=O)[O-].[K+]. The Morgan fingerprint density at radius 1 is 0.679 bits per heavy atom. The second-order valence-electron chi connectivity index (χ2n) is 8.18. The summed E-state index contributed by atoms with van der Waals surface area (Å²) in [5.74, 6) is 0. The fourth-order valence-electron chi connectivity index (χ4n) is 3.64. The fourth-order valence-corrected chi connectivity index (χ4v) is 4.56. The number of hydrogen-bond donors (Lipinski definition) is 1. The molecular formula is C22H45KO4S. The van der Waals surface area contributed by atoms with E-state index in [-0.39, 0.29) is 57.8 Å². The molecule has 0 aliphatic rings. The molecule has 0 heterocycles. The summed E-state index contributed by atoms with van der Waals surface area (Å²) in [6.07, 6.45) is 18.1. The Morgan fingerprint density at radius 3 is 1.46 bits per heavy atom. The van der Waals surface area contributed by atoms with Gasteiger partial charge < -0.3 is 9.66 Å². The van der Waals surface area contributed by atoms with Crippen molar-refractivity contribution in [3.8, 4) is 0 Å². The minimum absolute atomic E-state index is 0. The molecule has 2 atom stereocenters. The molecule has 2 unspecified atom stereocenters. The van der Waals surface area contributed by atoms with E-state index < -0.39 is 21.5 Å². The molecule has 28 heavy (non-hydrogen) atoms. The summed E-state index contributed by atoms with van der Waals surface area (Å²) in [6.45, 7) is 4.34. The van der Waals surface area contributed by atoms with Crippen LogP contribution in [0.3, 0.4) is 0 Å². The molecule has 0 amide bonds. The number of unbranched alkanes of at least 4 members (excludes halogenated alkanes) is 13. The first-order valence-electron chi connectivity index (χ1n) is 11.5. The van der Waals surface area contributed by atoms with Crippen LogP contribution < -0.4 is 51.4 Å². The Morgan fingerprint density at radius 2 is 1.04 bits per heavy atom. The van der Waals surface area contributed by atoms with E-state index in [2.05, 4.69) is 13.8 Å². The second kappa shape index (κ2) is 21.7. The van der Waals surface area contributed by atoms with Gasteiger partial charge in [0.05, 0.1) is 21.5 Å². The average molecular weight is 445 g/mol. The summed E-state index contributed by atoms with van der Waals surface area (Å²) in [5.41, 5.74) is 0. The fraction of sp³-hybridized carbons (Fsp3) is 1.00. The van der Waals surface area contributed by atoms with Gasteiger partial charge in [-0.05, 0) is 19.3 Å². The molecule has 1 N–H and O–H groups in total. The van der Waals surface area contributed by atoms with E-state index in [1.54, 1.807) is 0 Å². The topological polar surface area (TPSA) is 77.4 Å². The van der Waals surface area contributed by atoms with Gasteiger partial charge in [0.2, 0.25) is 0 Å². The quantitative estimate of drug-likeness (QED) is 0.177. The molecule has 0 radical (unpaired) electrons. The van der Waals surface area contributed by atoms with Crippen LogP contribution in [0.15, 0.2) is 0 Å². The van der Waals surface area contributed by atoms with Gasteiger partial charge in [-0.1, -0.05) is 110 Å². The summed E-state index contributed by atoms with van der Waals surface area (Å²) >= 11 is 0. The van der Waals surface area contributed by atoms with Gasteiger partial charge in [-0.2, -0.15) is 0 Å². The van der Waals surface area contributed by atoms with E-state index in [1.165, 1.54) is 57.8 Å². The Balaban J connectivity index is 0. The molecule has 0 aromatic heterocycles. The van der Waals surface area contributed by atoms with E-state index in [1.807, 2.05) is 0 Å². The maximum atomic E-state index is 11.4. The Hall–Kier alpha value is 1.51. The smallest absolute Gasteiger partial charge is 0.748 e. The van der Waals surface area contributed by atoms with Crippen molar-refractivity contribution in [2.75, 3.05) is 0 Å². The van der Waals surface area contributed by atoms with Crippen LogP contribution in [-0.2, 0) is 10.1 Å². The van der Waals surface area contributed by atoms with Gasteiger partial charge in [0.25, 0.3) is 0 Å². The van der Waals surface area contributed by atoms with Gasteiger partial charge in [-0.25, -0.2) is 8.42 Å². The Bertz CT molecular complexity index is 415. The van der Waals surface area contributed by atoms with Crippen LogP contribution in [0.25, 0.3) is 0 Å². The van der Waals surface area contributed by atoms with Crippen molar-refractivity contribution in [1.82, 2.24) is 0 Å². The van der Waals surface area contributed by atoms with Crippen molar-refractivity contribution in [3.05, 3.63) is 0 Å². The molecule has 0 aromatic carbocycles. The first-order chi connectivity index (χ1) is 12.9. The van der Waals surface area contributed by atoms with Gasteiger partial charge >= 0.3 is 51.4 Å². The number of rotatable bonds is 20. The van der Waals surface area contributed by atoms with Crippen molar-refractivity contribution < 1.29 is 69.5 Å². The zero-order valence-corrected chi connectivity index (χ0v) is 22.9. The van der Waals surface area contributed by atoms with Crippen molar-refractivity contribution in [2.45, 2.75) is 141 Å². The molecule has 6 heteroatoms. The summed E-state index contributed by atoms with van der Waals surface area (Å²) in [6, 6.07) is 0. The first kappa shape index (κ1) is 31.7. The number of aliphatic hydroxyl groups is 1. The third kappa shape index (κ3) is 20.8. The van der Waals surface area contributed by atoms with Crippen LogP contribution in [-0.4, -0.2) is 29.4 Å². The van der Waals surface area contributed by atoms with Crippen LogP contribution in [0.5, 0.6) is 0 Å². The van der Waals surface area contributed by atoms with Gasteiger partial charge in [0.15, 0.2) is 0 Å². The molecule has 0 saturated carbocycles. The summed E-state index contributed by atoms with van der Waals surface area (Å²) in [5, 5.41) is 9.21. The van der Waals surface area contributed by atoms with Gasteiger partial charge in [0, 0.05) is 0 Å². The van der Waals surface area contributed by atoms with Crippen LogP contribution in [0.4, 0.5) is 0 Å².